The molecule has 0 aliphatic carbocycles. The number of hydrogen-bond acceptors (Lipinski definition) is 6. The third-order valence-electron chi connectivity index (χ3n) is 6.78. The zero-order valence-corrected chi connectivity index (χ0v) is 21.4. The zero-order valence-electron chi connectivity index (χ0n) is 19.8. The van der Waals surface area contributed by atoms with E-state index in [2.05, 4.69) is 55.0 Å². The monoisotopic (exact) mass is 517 g/mol. The van der Waals surface area contributed by atoms with Crippen molar-refractivity contribution >= 4 is 21.8 Å². The number of amides is 1. The van der Waals surface area contributed by atoms with Crippen LogP contribution in [-0.2, 0) is 11.3 Å². The average Bonchev–Trinajstić information content (AvgIpc) is 3.25. The van der Waals surface area contributed by atoms with Gasteiger partial charge in [0.1, 0.15) is 0 Å². The summed E-state index contributed by atoms with van der Waals surface area (Å²) in [6.45, 7) is 11.3. The molecule has 0 bridgehead atoms. The molecule has 33 heavy (non-hydrogen) atoms. The normalized spacial score (nSPS) is 23.0. The Morgan fingerprint density at radius 1 is 1.12 bits per heavy atom. The van der Waals surface area contributed by atoms with E-state index < -0.39 is 0 Å². The highest BCUT2D eigenvalue weighted by Crippen LogP contribution is 2.23. The van der Waals surface area contributed by atoms with Crippen molar-refractivity contribution in [2.45, 2.75) is 46.1 Å². The molecular formula is C25H36BrN5O2. The summed E-state index contributed by atoms with van der Waals surface area (Å²) in [7, 11) is 0. The Balaban J connectivity index is 1.14. The van der Waals surface area contributed by atoms with Gasteiger partial charge in [-0.3, -0.25) is 9.69 Å². The number of benzene rings is 1. The predicted molar refractivity (Wildman–Crippen MR) is 132 cm³/mol. The number of aromatic nitrogens is 2. The Hall–Kier alpha value is -1.77. The van der Waals surface area contributed by atoms with Crippen LogP contribution in [-0.4, -0.2) is 65.1 Å². The summed E-state index contributed by atoms with van der Waals surface area (Å²) >= 11 is 3.44. The van der Waals surface area contributed by atoms with Crippen LogP contribution in [0, 0.1) is 17.8 Å². The maximum Gasteiger partial charge on any atom is 0.241 e. The van der Waals surface area contributed by atoms with E-state index in [4.69, 9.17) is 4.52 Å². The first-order valence-corrected chi connectivity index (χ1v) is 13.1. The van der Waals surface area contributed by atoms with Gasteiger partial charge in [0, 0.05) is 35.6 Å². The third-order valence-corrected chi connectivity index (χ3v) is 7.31. The van der Waals surface area contributed by atoms with Gasteiger partial charge >= 0.3 is 0 Å². The van der Waals surface area contributed by atoms with E-state index in [-0.39, 0.29) is 11.8 Å². The van der Waals surface area contributed by atoms with Crippen molar-refractivity contribution in [3.8, 4) is 11.4 Å². The van der Waals surface area contributed by atoms with E-state index in [9.17, 15) is 4.79 Å². The quantitative estimate of drug-likeness (QED) is 0.529. The molecule has 4 rings (SSSR count). The summed E-state index contributed by atoms with van der Waals surface area (Å²) in [4.78, 5) is 22.0. The SMILES string of the molecule is CC1CC(C)CN(CCCNC(=O)C2CCN(Cc3nc(-c4ccc(Br)cc4)no3)CC2)C1. The first kappa shape index (κ1) is 24.4. The zero-order chi connectivity index (χ0) is 23.2. The van der Waals surface area contributed by atoms with Crippen LogP contribution in [0.1, 0.15) is 45.4 Å². The van der Waals surface area contributed by atoms with Crippen LogP contribution < -0.4 is 5.32 Å². The molecule has 180 valence electrons. The molecular weight excluding hydrogens is 482 g/mol. The maximum absolute atomic E-state index is 12.6. The molecule has 2 aromatic rings. The smallest absolute Gasteiger partial charge is 0.241 e. The second-order valence-corrected chi connectivity index (χ2v) is 10.8. The van der Waals surface area contributed by atoms with Gasteiger partial charge in [0.15, 0.2) is 0 Å². The Labute approximate surface area is 205 Å². The van der Waals surface area contributed by atoms with E-state index in [1.807, 2.05) is 24.3 Å². The fourth-order valence-corrected chi connectivity index (χ4v) is 5.48. The number of hydrogen-bond donors (Lipinski definition) is 1. The Kier molecular flexibility index (Phi) is 8.55. The molecule has 3 heterocycles. The molecule has 1 N–H and O–H groups in total. The topological polar surface area (TPSA) is 74.5 Å². The lowest BCUT2D eigenvalue weighted by Gasteiger charge is -2.35. The van der Waals surface area contributed by atoms with Gasteiger partial charge in [-0.15, -0.1) is 0 Å². The minimum Gasteiger partial charge on any atom is -0.356 e. The lowest BCUT2D eigenvalue weighted by atomic mass is 9.92. The number of nitrogens with zero attached hydrogens (tertiary/aromatic N) is 4. The van der Waals surface area contributed by atoms with E-state index in [1.165, 1.54) is 19.5 Å². The highest BCUT2D eigenvalue weighted by Gasteiger charge is 2.26. The van der Waals surface area contributed by atoms with E-state index in [0.29, 0.717) is 18.3 Å². The molecule has 1 aromatic heterocycles. The highest BCUT2D eigenvalue weighted by atomic mass is 79.9. The van der Waals surface area contributed by atoms with Gasteiger partial charge in [0.2, 0.25) is 17.6 Å². The fraction of sp³-hybridized carbons (Fsp3) is 0.640. The first-order chi connectivity index (χ1) is 16.0. The summed E-state index contributed by atoms with van der Waals surface area (Å²) in [6.07, 6.45) is 4.12. The van der Waals surface area contributed by atoms with Gasteiger partial charge in [-0.2, -0.15) is 4.98 Å². The van der Waals surface area contributed by atoms with Crippen molar-refractivity contribution in [1.82, 2.24) is 25.3 Å². The molecule has 8 heteroatoms. The van der Waals surface area contributed by atoms with Crippen LogP contribution >= 0.6 is 15.9 Å². The van der Waals surface area contributed by atoms with Crippen LogP contribution in [0.25, 0.3) is 11.4 Å². The van der Waals surface area contributed by atoms with Crippen LogP contribution in [0.2, 0.25) is 0 Å². The molecule has 2 aliphatic heterocycles. The minimum absolute atomic E-state index is 0.109. The molecule has 2 unspecified atom stereocenters. The van der Waals surface area contributed by atoms with Gasteiger partial charge in [0.05, 0.1) is 6.54 Å². The van der Waals surface area contributed by atoms with Crippen molar-refractivity contribution in [3.05, 3.63) is 34.6 Å². The van der Waals surface area contributed by atoms with E-state index in [0.717, 1.165) is 67.3 Å². The summed E-state index contributed by atoms with van der Waals surface area (Å²) in [5.41, 5.74) is 0.938. The van der Waals surface area contributed by atoms with Crippen LogP contribution in [0.15, 0.2) is 33.3 Å². The van der Waals surface area contributed by atoms with Gasteiger partial charge in [-0.1, -0.05) is 34.9 Å². The molecule has 0 saturated carbocycles. The van der Waals surface area contributed by atoms with Gasteiger partial charge in [-0.05, 0) is 81.4 Å². The summed E-state index contributed by atoms with van der Waals surface area (Å²) < 4.78 is 6.48. The fourth-order valence-electron chi connectivity index (χ4n) is 5.21. The molecule has 1 aromatic carbocycles. The van der Waals surface area contributed by atoms with Crippen molar-refractivity contribution < 1.29 is 9.32 Å². The number of rotatable bonds is 8. The Morgan fingerprint density at radius 3 is 2.52 bits per heavy atom. The highest BCUT2D eigenvalue weighted by molar-refractivity contribution is 9.10. The second kappa shape index (κ2) is 11.6. The Morgan fingerprint density at radius 2 is 1.82 bits per heavy atom. The number of nitrogens with one attached hydrogen (secondary N) is 1. The number of halogens is 1. The lowest BCUT2D eigenvalue weighted by molar-refractivity contribution is -0.126. The first-order valence-electron chi connectivity index (χ1n) is 12.3. The van der Waals surface area contributed by atoms with Gasteiger partial charge < -0.3 is 14.7 Å². The number of carbonyl (C=O) groups is 1. The van der Waals surface area contributed by atoms with Crippen molar-refractivity contribution in [1.29, 1.82) is 0 Å². The molecule has 2 fully saturated rings. The van der Waals surface area contributed by atoms with Crippen LogP contribution in [0.4, 0.5) is 0 Å². The molecule has 1 amide bonds. The van der Waals surface area contributed by atoms with Crippen molar-refractivity contribution in [2.24, 2.45) is 17.8 Å². The molecule has 2 atom stereocenters. The second-order valence-electron chi connectivity index (χ2n) is 9.92. The van der Waals surface area contributed by atoms with Gasteiger partial charge in [-0.25, -0.2) is 0 Å². The predicted octanol–water partition coefficient (Wildman–Crippen LogP) is 4.20. The average molecular weight is 519 g/mol. The maximum atomic E-state index is 12.6. The largest absolute Gasteiger partial charge is 0.356 e. The summed E-state index contributed by atoms with van der Waals surface area (Å²) in [5.74, 6) is 3.13. The molecule has 7 nitrogen and oxygen atoms in total. The summed E-state index contributed by atoms with van der Waals surface area (Å²) in [6, 6.07) is 7.87. The van der Waals surface area contributed by atoms with Gasteiger partial charge in [0.25, 0.3) is 0 Å². The third kappa shape index (κ3) is 7.11. The van der Waals surface area contributed by atoms with Crippen LogP contribution in [0.3, 0.4) is 0 Å². The Bertz CT molecular complexity index is 884. The number of carbonyl (C=O) groups excluding carboxylic acids is 1. The number of piperidine rings is 2. The molecule has 2 saturated heterocycles. The molecule has 2 aliphatic rings. The van der Waals surface area contributed by atoms with Crippen LogP contribution in [0.5, 0.6) is 0 Å². The lowest BCUT2D eigenvalue weighted by Crippen LogP contribution is -2.42. The molecule has 0 spiro atoms. The minimum atomic E-state index is 0.109. The van der Waals surface area contributed by atoms with Crippen molar-refractivity contribution in [3.63, 3.8) is 0 Å². The van der Waals surface area contributed by atoms with E-state index in [1.54, 1.807) is 0 Å². The number of likely N-dealkylation sites (tertiary alicyclic amines) is 2. The van der Waals surface area contributed by atoms with E-state index >= 15 is 0 Å². The summed E-state index contributed by atoms with van der Waals surface area (Å²) in [5, 5.41) is 7.29. The standard InChI is InChI=1S/C25H36BrN5O2/c1-18-14-19(2)16-31(15-18)11-3-10-27-25(32)21-8-12-30(13-9-21)17-23-28-24(29-33-23)20-4-6-22(26)7-5-20/h4-7,18-19,21H,3,8-17H2,1-2H3,(H,27,32). The molecule has 0 radical (unpaired) electrons. The van der Waals surface area contributed by atoms with Crippen molar-refractivity contribution in [2.75, 3.05) is 39.3 Å².